The first kappa shape index (κ1) is 18.2. The van der Waals surface area contributed by atoms with Gasteiger partial charge in [-0.05, 0) is 37.1 Å². The second-order valence-electron chi connectivity index (χ2n) is 5.76. The van der Waals surface area contributed by atoms with Crippen LogP contribution in [0.1, 0.15) is 45.7 Å². The van der Waals surface area contributed by atoms with E-state index < -0.39 is 10.8 Å². The molecule has 0 amide bonds. The predicted molar refractivity (Wildman–Crippen MR) is 91.3 cm³/mol. The lowest BCUT2D eigenvalue weighted by atomic mass is 10.1. The summed E-state index contributed by atoms with van der Waals surface area (Å²) >= 11 is 0. The number of benzene rings is 1. The van der Waals surface area contributed by atoms with Crippen LogP contribution in [0.3, 0.4) is 0 Å². The summed E-state index contributed by atoms with van der Waals surface area (Å²) in [6, 6.07) is 8.22. The largest absolute Gasteiger partial charge is 0.494 e. The minimum atomic E-state index is -0.829. The van der Waals surface area contributed by atoms with Crippen LogP contribution in [0.2, 0.25) is 0 Å². The van der Waals surface area contributed by atoms with E-state index in [0.717, 1.165) is 24.3 Å². The van der Waals surface area contributed by atoms with Crippen molar-refractivity contribution >= 4 is 10.8 Å². The number of nitrogens with one attached hydrogen (secondary N) is 1. The van der Waals surface area contributed by atoms with Crippen LogP contribution in [0.25, 0.3) is 0 Å². The van der Waals surface area contributed by atoms with Gasteiger partial charge in [-0.2, -0.15) is 0 Å². The zero-order chi connectivity index (χ0) is 15.8. The van der Waals surface area contributed by atoms with Crippen LogP contribution in [-0.2, 0) is 10.8 Å². The van der Waals surface area contributed by atoms with E-state index in [4.69, 9.17) is 4.74 Å². The van der Waals surface area contributed by atoms with Gasteiger partial charge < -0.3 is 10.1 Å². The Hall–Kier alpha value is -0.870. The summed E-state index contributed by atoms with van der Waals surface area (Å²) in [7, 11) is 1.09. The molecule has 0 aliphatic carbocycles. The van der Waals surface area contributed by atoms with Crippen LogP contribution in [0.4, 0.5) is 0 Å². The molecule has 1 aromatic rings. The van der Waals surface area contributed by atoms with Gasteiger partial charge in [0.2, 0.25) is 0 Å². The maximum Gasteiger partial charge on any atom is 0.119 e. The highest BCUT2D eigenvalue weighted by Gasteiger charge is 2.20. The molecule has 0 bridgehead atoms. The molecule has 1 rings (SSSR count). The SMILES string of the molecule is CCCOc1ccc(C(CS(=O)C(C)C(C)C)NC)cc1. The molecule has 0 saturated carbocycles. The zero-order valence-corrected chi connectivity index (χ0v) is 14.7. The van der Waals surface area contributed by atoms with Crippen LogP contribution in [0.15, 0.2) is 24.3 Å². The van der Waals surface area contributed by atoms with Crippen LogP contribution in [-0.4, -0.2) is 28.9 Å². The normalized spacial score (nSPS) is 15.7. The first-order valence-electron chi connectivity index (χ1n) is 7.76. The quantitative estimate of drug-likeness (QED) is 0.758. The van der Waals surface area contributed by atoms with Crippen molar-refractivity contribution in [2.75, 3.05) is 19.4 Å². The predicted octanol–water partition coefficient (Wildman–Crippen LogP) is 3.53. The van der Waals surface area contributed by atoms with E-state index in [1.54, 1.807) is 0 Å². The van der Waals surface area contributed by atoms with Crippen molar-refractivity contribution in [2.24, 2.45) is 5.92 Å². The van der Waals surface area contributed by atoms with Gasteiger partial charge in [0.15, 0.2) is 0 Å². The molecule has 120 valence electrons. The number of rotatable bonds is 9. The fraction of sp³-hybridized carbons (Fsp3) is 0.647. The monoisotopic (exact) mass is 311 g/mol. The Balaban J connectivity index is 2.69. The lowest BCUT2D eigenvalue weighted by molar-refractivity contribution is 0.317. The first-order chi connectivity index (χ1) is 9.99. The fourth-order valence-electron chi connectivity index (χ4n) is 1.98. The van der Waals surface area contributed by atoms with Crippen molar-refractivity contribution in [3.63, 3.8) is 0 Å². The van der Waals surface area contributed by atoms with Gasteiger partial charge in [-0.15, -0.1) is 0 Å². The molecule has 1 aromatic carbocycles. The number of ether oxygens (including phenoxy) is 1. The molecule has 3 atom stereocenters. The van der Waals surface area contributed by atoms with Gasteiger partial charge >= 0.3 is 0 Å². The average Bonchev–Trinajstić information content (AvgIpc) is 2.50. The minimum absolute atomic E-state index is 0.118. The minimum Gasteiger partial charge on any atom is -0.494 e. The van der Waals surface area contributed by atoms with Gasteiger partial charge in [0.1, 0.15) is 5.75 Å². The number of hydrogen-bond donors (Lipinski definition) is 1. The van der Waals surface area contributed by atoms with Crippen LogP contribution < -0.4 is 10.1 Å². The molecular formula is C17H29NO2S. The van der Waals surface area contributed by atoms with Gasteiger partial charge in [0, 0.05) is 27.8 Å². The van der Waals surface area contributed by atoms with E-state index in [0.29, 0.717) is 11.7 Å². The molecule has 3 unspecified atom stereocenters. The van der Waals surface area contributed by atoms with Gasteiger partial charge in [0.25, 0.3) is 0 Å². The summed E-state index contributed by atoms with van der Waals surface area (Å²) in [6.45, 7) is 9.14. The molecule has 0 spiro atoms. The summed E-state index contributed by atoms with van der Waals surface area (Å²) in [5, 5.41) is 3.49. The summed E-state index contributed by atoms with van der Waals surface area (Å²) in [6.07, 6.45) is 1.01. The van der Waals surface area contributed by atoms with Gasteiger partial charge in [-0.3, -0.25) is 4.21 Å². The van der Waals surface area contributed by atoms with E-state index >= 15 is 0 Å². The molecule has 1 N–H and O–H groups in total. The molecule has 0 radical (unpaired) electrons. The third-order valence-electron chi connectivity index (χ3n) is 3.79. The molecule has 0 fully saturated rings. The maximum absolute atomic E-state index is 12.4. The highest BCUT2D eigenvalue weighted by Crippen LogP contribution is 2.20. The van der Waals surface area contributed by atoms with E-state index in [9.17, 15) is 4.21 Å². The van der Waals surface area contributed by atoms with Gasteiger partial charge in [-0.1, -0.05) is 39.8 Å². The molecule has 21 heavy (non-hydrogen) atoms. The topological polar surface area (TPSA) is 38.3 Å². The average molecular weight is 311 g/mol. The molecule has 0 saturated heterocycles. The molecule has 0 aliphatic heterocycles. The lowest BCUT2D eigenvalue weighted by Crippen LogP contribution is -2.28. The van der Waals surface area contributed by atoms with E-state index in [2.05, 4.69) is 45.1 Å². The summed E-state index contributed by atoms with van der Waals surface area (Å²) in [5.74, 6) is 1.98. The Morgan fingerprint density at radius 3 is 2.29 bits per heavy atom. The van der Waals surface area contributed by atoms with Crippen LogP contribution in [0, 0.1) is 5.92 Å². The third kappa shape index (κ3) is 5.79. The van der Waals surface area contributed by atoms with Gasteiger partial charge in [0.05, 0.1) is 6.61 Å². The second kappa shape index (κ2) is 9.21. The molecule has 3 nitrogen and oxygen atoms in total. The summed E-state index contributed by atoms with van der Waals surface area (Å²) in [4.78, 5) is 0. The second-order valence-corrected chi connectivity index (χ2v) is 7.59. The highest BCUT2D eigenvalue weighted by molar-refractivity contribution is 7.85. The van der Waals surface area contributed by atoms with Crippen molar-refractivity contribution in [1.29, 1.82) is 0 Å². The van der Waals surface area contributed by atoms with Crippen molar-refractivity contribution in [2.45, 2.75) is 45.4 Å². The van der Waals surface area contributed by atoms with E-state index in [-0.39, 0.29) is 11.3 Å². The first-order valence-corrected chi connectivity index (χ1v) is 9.15. The lowest BCUT2D eigenvalue weighted by Gasteiger charge is -2.21. The Morgan fingerprint density at radius 2 is 1.81 bits per heavy atom. The van der Waals surface area contributed by atoms with Crippen molar-refractivity contribution < 1.29 is 8.95 Å². The maximum atomic E-state index is 12.4. The number of hydrogen-bond acceptors (Lipinski definition) is 3. The van der Waals surface area contributed by atoms with Crippen molar-refractivity contribution in [3.8, 4) is 5.75 Å². The summed E-state index contributed by atoms with van der Waals surface area (Å²) < 4.78 is 18.0. The summed E-state index contributed by atoms with van der Waals surface area (Å²) in [5.41, 5.74) is 1.16. The smallest absolute Gasteiger partial charge is 0.119 e. The van der Waals surface area contributed by atoms with Crippen LogP contribution >= 0.6 is 0 Å². The standard InChI is InChI=1S/C17H29NO2S/c1-6-11-20-16-9-7-15(8-10-16)17(18-5)12-21(19)14(4)13(2)3/h7-10,13-14,17-18H,6,11-12H2,1-5H3. The van der Waals surface area contributed by atoms with E-state index in [1.165, 1.54) is 0 Å². The molecular weight excluding hydrogens is 282 g/mol. The molecule has 0 heterocycles. The molecule has 0 aromatic heterocycles. The highest BCUT2D eigenvalue weighted by atomic mass is 32.2. The van der Waals surface area contributed by atoms with Crippen LogP contribution in [0.5, 0.6) is 5.75 Å². The van der Waals surface area contributed by atoms with E-state index in [1.807, 2.05) is 19.2 Å². The van der Waals surface area contributed by atoms with Crippen molar-refractivity contribution in [3.05, 3.63) is 29.8 Å². The Morgan fingerprint density at radius 1 is 1.19 bits per heavy atom. The fourth-order valence-corrected chi connectivity index (χ4v) is 3.58. The zero-order valence-electron chi connectivity index (χ0n) is 13.9. The molecule has 0 aliphatic rings. The Bertz CT molecular complexity index is 431. The Labute approximate surface area is 131 Å². The third-order valence-corrected chi connectivity index (χ3v) is 5.82. The molecule has 4 heteroatoms. The van der Waals surface area contributed by atoms with Gasteiger partial charge in [-0.25, -0.2) is 0 Å². The van der Waals surface area contributed by atoms with Crippen molar-refractivity contribution in [1.82, 2.24) is 5.32 Å². The Kier molecular flexibility index (Phi) is 7.97.